The van der Waals surface area contributed by atoms with Gasteiger partial charge in [0.2, 0.25) is 0 Å². The van der Waals surface area contributed by atoms with Crippen LogP contribution in [-0.2, 0) is 16.6 Å². The Morgan fingerprint density at radius 1 is 1.35 bits per heavy atom. The summed E-state index contributed by atoms with van der Waals surface area (Å²) in [6.07, 6.45) is 2.48. The minimum absolute atomic E-state index is 0.276. The van der Waals surface area contributed by atoms with Crippen molar-refractivity contribution in [3.63, 3.8) is 0 Å². The molecule has 0 saturated heterocycles. The van der Waals surface area contributed by atoms with Crippen molar-refractivity contribution in [2.75, 3.05) is 20.6 Å². The lowest BCUT2D eigenvalue weighted by atomic mass is 10.4. The first-order valence-corrected chi connectivity index (χ1v) is 8.26. The van der Waals surface area contributed by atoms with Crippen LogP contribution in [0.4, 0.5) is 0 Å². The number of hydrogen-bond acceptors (Lipinski definition) is 5. The highest BCUT2D eigenvalue weighted by molar-refractivity contribution is 7.89. The third-order valence-corrected chi connectivity index (χ3v) is 4.95. The molecule has 0 spiro atoms. The lowest BCUT2D eigenvalue weighted by molar-refractivity contribution is 0.363. The Morgan fingerprint density at radius 2 is 2.00 bits per heavy atom. The average Bonchev–Trinajstić information content (AvgIpc) is 3.04. The highest BCUT2D eigenvalue weighted by Crippen LogP contribution is 2.20. The van der Waals surface area contributed by atoms with E-state index in [1.807, 2.05) is 0 Å². The molecule has 0 aromatic carbocycles. The number of nitrogens with zero attached hydrogens (tertiary/aromatic N) is 3. The molecule has 1 fully saturated rings. The van der Waals surface area contributed by atoms with Crippen LogP contribution in [0.1, 0.15) is 24.2 Å². The first kappa shape index (κ1) is 15.4. The van der Waals surface area contributed by atoms with Crippen molar-refractivity contribution in [1.29, 1.82) is 0 Å². The van der Waals surface area contributed by atoms with Gasteiger partial charge in [-0.2, -0.15) is 5.10 Å². The number of hydrazine groups is 1. The Labute approximate surface area is 120 Å². The minimum Gasteiger partial charge on any atom is -0.312 e. The molecular formula is C12H23N5O2S. The van der Waals surface area contributed by atoms with Crippen LogP contribution in [-0.4, -0.2) is 49.9 Å². The molecule has 1 aromatic rings. The van der Waals surface area contributed by atoms with Gasteiger partial charge in [-0.25, -0.2) is 13.4 Å². The Balaban J connectivity index is 2.14. The minimum atomic E-state index is -3.56. The largest absolute Gasteiger partial charge is 0.312 e. The first-order chi connectivity index (χ1) is 9.31. The van der Waals surface area contributed by atoms with Gasteiger partial charge < -0.3 is 5.32 Å². The average molecular weight is 301 g/mol. The van der Waals surface area contributed by atoms with Crippen molar-refractivity contribution in [3.8, 4) is 0 Å². The summed E-state index contributed by atoms with van der Waals surface area (Å²) >= 11 is 0. The molecule has 0 unspecified atom stereocenters. The lowest BCUT2D eigenvalue weighted by Gasteiger charge is -2.12. The van der Waals surface area contributed by atoms with Gasteiger partial charge in [0.25, 0.3) is 10.0 Å². The predicted octanol–water partition coefficient (Wildman–Crippen LogP) is 0.00684. The molecule has 1 aliphatic carbocycles. The standard InChI is InChI=1S/C12H23N5O2S/c1-9-12(20(18,19)15-16(3)4)10(2)17(14-9)8-7-13-11-5-6-11/h11,13,15H,5-8H2,1-4H3. The molecule has 0 atom stereocenters. The molecule has 114 valence electrons. The van der Waals surface area contributed by atoms with Crippen LogP contribution < -0.4 is 10.1 Å². The fraction of sp³-hybridized carbons (Fsp3) is 0.750. The third kappa shape index (κ3) is 3.57. The third-order valence-electron chi connectivity index (χ3n) is 3.22. The van der Waals surface area contributed by atoms with Gasteiger partial charge >= 0.3 is 0 Å². The SMILES string of the molecule is Cc1nn(CCNC2CC2)c(C)c1S(=O)(=O)NN(C)C. The fourth-order valence-corrected chi connectivity index (χ4v) is 3.73. The molecule has 0 aliphatic heterocycles. The molecule has 0 radical (unpaired) electrons. The van der Waals surface area contributed by atoms with Gasteiger partial charge in [0, 0.05) is 26.7 Å². The summed E-state index contributed by atoms with van der Waals surface area (Å²) in [7, 11) is -0.267. The molecule has 7 nitrogen and oxygen atoms in total. The normalized spacial score (nSPS) is 16.1. The van der Waals surface area contributed by atoms with E-state index >= 15 is 0 Å². The van der Waals surface area contributed by atoms with E-state index in [9.17, 15) is 8.42 Å². The van der Waals surface area contributed by atoms with E-state index in [-0.39, 0.29) is 4.90 Å². The van der Waals surface area contributed by atoms with Crippen molar-refractivity contribution in [2.24, 2.45) is 0 Å². The highest BCUT2D eigenvalue weighted by atomic mass is 32.2. The molecule has 8 heteroatoms. The fourth-order valence-electron chi connectivity index (χ4n) is 2.24. The van der Waals surface area contributed by atoms with Gasteiger partial charge in [0.15, 0.2) is 0 Å². The molecule has 1 aromatic heterocycles. The van der Waals surface area contributed by atoms with Gasteiger partial charge in [-0.05, 0) is 26.7 Å². The molecule has 2 rings (SSSR count). The van der Waals surface area contributed by atoms with E-state index in [1.54, 1.807) is 32.6 Å². The monoisotopic (exact) mass is 301 g/mol. The molecule has 2 N–H and O–H groups in total. The maximum absolute atomic E-state index is 12.3. The number of sulfonamides is 1. The van der Waals surface area contributed by atoms with Crippen LogP contribution in [0.2, 0.25) is 0 Å². The Morgan fingerprint density at radius 3 is 2.55 bits per heavy atom. The zero-order valence-corrected chi connectivity index (χ0v) is 13.3. The van der Waals surface area contributed by atoms with E-state index in [0.717, 1.165) is 6.54 Å². The van der Waals surface area contributed by atoms with Crippen LogP contribution in [0.15, 0.2) is 4.90 Å². The van der Waals surface area contributed by atoms with Crippen LogP contribution in [0, 0.1) is 13.8 Å². The van der Waals surface area contributed by atoms with Crippen molar-refractivity contribution in [2.45, 2.75) is 44.2 Å². The Hall–Kier alpha value is -0.960. The molecular weight excluding hydrogens is 278 g/mol. The van der Waals surface area contributed by atoms with E-state index in [4.69, 9.17) is 0 Å². The number of aryl methyl sites for hydroxylation is 1. The van der Waals surface area contributed by atoms with E-state index in [2.05, 4.69) is 15.2 Å². The highest BCUT2D eigenvalue weighted by Gasteiger charge is 2.25. The summed E-state index contributed by atoms with van der Waals surface area (Å²) in [4.78, 5) is 2.73. The van der Waals surface area contributed by atoms with Crippen LogP contribution in [0.25, 0.3) is 0 Å². The summed E-state index contributed by atoms with van der Waals surface area (Å²) in [5, 5.41) is 9.15. The quantitative estimate of drug-likeness (QED) is 0.694. The van der Waals surface area contributed by atoms with Crippen LogP contribution >= 0.6 is 0 Å². The smallest absolute Gasteiger partial charge is 0.257 e. The Kier molecular flexibility index (Phi) is 4.48. The first-order valence-electron chi connectivity index (χ1n) is 6.78. The van der Waals surface area contributed by atoms with Crippen LogP contribution in [0.3, 0.4) is 0 Å². The van der Waals surface area contributed by atoms with E-state index in [1.165, 1.54) is 17.9 Å². The van der Waals surface area contributed by atoms with Gasteiger partial charge in [-0.15, -0.1) is 4.83 Å². The van der Waals surface area contributed by atoms with Gasteiger partial charge in [-0.3, -0.25) is 4.68 Å². The number of nitrogens with one attached hydrogen (secondary N) is 2. The van der Waals surface area contributed by atoms with Crippen molar-refractivity contribution < 1.29 is 8.42 Å². The number of rotatable bonds is 7. The van der Waals surface area contributed by atoms with Crippen molar-refractivity contribution in [1.82, 2.24) is 24.9 Å². The van der Waals surface area contributed by atoms with Crippen molar-refractivity contribution >= 4 is 10.0 Å². The zero-order chi connectivity index (χ0) is 14.9. The lowest BCUT2D eigenvalue weighted by Crippen LogP contribution is -2.36. The zero-order valence-electron chi connectivity index (χ0n) is 12.5. The number of hydrogen-bond donors (Lipinski definition) is 2. The molecule has 0 amide bonds. The summed E-state index contributed by atoms with van der Waals surface area (Å²) in [5.74, 6) is 0. The molecule has 0 bridgehead atoms. The van der Waals surface area contributed by atoms with Crippen LogP contribution in [0.5, 0.6) is 0 Å². The molecule has 1 saturated carbocycles. The predicted molar refractivity (Wildman–Crippen MR) is 76.7 cm³/mol. The summed E-state index contributed by atoms with van der Waals surface area (Å²) < 4.78 is 26.3. The second kappa shape index (κ2) is 5.80. The second-order valence-electron chi connectivity index (χ2n) is 5.44. The Bertz CT molecular complexity index is 575. The number of aromatic nitrogens is 2. The van der Waals surface area contributed by atoms with Gasteiger partial charge in [-0.1, -0.05) is 0 Å². The van der Waals surface area contributed by atoms with Gasteiger partial charge in [0.1, 0.15) is 4.90 Å². The maximum atomic E-state index is 12.3. The molecule has 1 aliphatic rings. The van der Waals surface area contributed by atoms with E-state index in [0.29, 0.717) is 24.0 Å². The molecule has 20 heavy (non-hydrogen) atoms. The molecule has 1 heterocycles. The summed E-state index contributed by atoms with van der Waals surface area (Å²) in [6, 6.07) is 0.644. The summed E-state index contributed by atoms with van der Waals surface area (Å²) in [6.45, 7) is 5.01. The maximum Gasteiger partial charge on any atom is 0.257 e. The second-order valence-corrected chi connectivity index (χ2v) is 7.04. The summed E-state index contributed by atoms with van der Waals surface area (Å²) in [5.41, 5.74) is 1.21. The van der Waals surface area contributed by atoms with E-state index < -0.39 is 10.0 Å². The van der Waals surface area contributed by atoms with Crippen molar-refractivity contribution in [3.05, 3.63) is 11.4 Å². The van der Waals surface area contributed by atoms with Gasteiger partial charge in [0.05, 0.1) is 17.9 Å². The topological polar surface area (TPSA) is 79.3 Å².